The molecule has 9 nitrogen and oxygen atoms in total. The average molecular weight is 402 g/mol. The molecule has 1 saturated heterocycles. The van der Waals surface area contributed by atoms with Crippen LogP contribution in [0.2, 0.25) is 0 Å². The molecular formula is C20H18O9. The number of hydrogen-bond donors (Lipinski definition) is 6. The Bertz CT molecular complexity index is 1120. The first-order valence-corrected chi connectivity index (χ1v) is 8.76. The lowest BCUT2D eigenvalue weighted by molar-refractivity contribution is -0.189. The Balaban J connectivity index is 1.86. The molecule has 0 spiro atoms. The van der Waals surface area contributed by atoms with Crippen molar-refractivity contribution in [2.75, 3.05) is 6.61 Å². The molecule has 4 atom stereocenters. The van der Waals surface area contributed by atoms with E-state index in [4.69, 9.17) is 9.15 Å². The van der Waals surface area contributed by atoms with Crippen molar-refractivity contribution in [2.45, 2.75) is 24.4 Å². The van der Waals surface area contributed by atoms with Crippen LogP contribution in [0.4, 0.5) is 0 Å². The van der Waals surface area contributed by atoms with E-state index in [0.29, 0.717) is 5.56 Å². The van der Waals surface area contributed by atoms with Crippen LogP contribution in [-0.2, 0) is 4.74 Å². The minimum Gasteiger partial charge on any atom is -0.508 e. The van der Waals surface area contributed by atoms with Gasteiger partial charge in [0.2, 0.25) is 0 Å². The van der Waals surface area contributed by atoms with Gasteiger partial charge < -0.3 is 39.8 Å². The Hall–Kier alpha value is -3.11. The van der Waals surface area contributed by atoms with E-state index in [1.54, 1.807) is 0 Å². The standard InChI is InChI=1S/C20H18O9/c21-9-3-1-8(2-4-9)13-5-10(22)15-14(29-13)6-11(23)16(18(15)26)20-19(27)17(25)12(24)7-28-20/h1-6,12,17,19-21,23-27H,7H2/t12-,17-,19-,20-/m0/s1. The summed E-state index contributed by atoms with van der Waals surface area (Å²) >= 11 is 0. The third-order valence-electron chi connectivity index (χ3n) is 4.95. The lowest BCUT2D eigenvalue weighted by atomic mass is 9.92. The summed E-state index contributed by atoms with van der Waals surface area (Å²) in [5, 5.41) is 59.8. The van der Waals surface area contributed by atoms with Crippen molar-refractivity contribution in [3.63, 3.8) is 0 Å². The molecule has 152 valence electrons. The molecule has 0 amide bonds. The quantitative estimate of drug-likeness (QED) is 0.363. The molecule has 4 rings (SSSR count). The third kappa shape index (κ3) is 3.19. The van der Waals surface area contributed by atoms with Gasteiger partial charge in [-0.1, -0.05) is 0 Å². The predicted octanol–water partition coefficient (Wildman–Crippen LogP) is 0.731. The summed E-state index contributed by atoms with van der Waals surface area (Å²) in [4.78, 5) is 12.7. The molecule has 2 heterocycles. The summed E-state index contributed by atoms with van der Waals surface area (Å²) < 4.78 is 10.9. The summed E-state index contributed by atoms with van der Waals surface area (Å²) in [6, 6.07) is 8.15. The Kier molecular flexibility index (Phi) is 4.67. The van der Waals surface area contributed by atoms with Crippen LogP contribution in [0.1, 0.15) is 11.7 Å². The fourth-order valence-corrected chi connectivity index (χ4v) is 3.41. The number of phenols is 3. The van der Waals surface area contributed by atoms with Crippen LogP contribution in [0.3, 0.4) is 0 Å². The van der Waals surface area contributed by atoms with Gasteiger partial charge in [-0.05, 0) is 24.3 Å². The van der Waals surface area contributed by atoms with E-state index in [9.17, 15) is 35.4 Å². The fraction of sp³-hybridized carbons (Fsp3) is 0.250. The third-order valence-corrected chi connectivity index (χ3v) is 4.95. The van der Waals surface area contributed by atoms with Gasteiger partial charge in [0.05, 0.1) is 12.2 Å². The molecule has 1 fully saturated rings. The molecule has 3 aromatic rings. The Morgan fingerprint density at radius 3 is 2.31 bits per heavy atom. The van der Waals surface area contributed by atoms with E-state index < -0.39 is 41.3 Å². The summed E-state index contributed by atoms with van der Waals surface area (Å²) in [6.45, 7) is -0.339. The molecule has 0 unspecified atom stereocenters. The van der Waals surface area contributed by atoms with Gasteiger partial charge in [0.25, 0.3) is 0 Å². The number of aliphatic hydroxyl groups excluding tert-OH is 3. The first kappa shape index (κ1) is 19.2. The van der Waals surface area contributed by atoms with E-state index in [1.807, 2.05) is 0 Å². The first-order valence-electron chi connectivity index (χ1n) is 8.76. The smallest absolute Gasteiger partial charge is 0.197 e. The van der Waals surface area contributed by atoms with Gasteiger partial charge in [0, 0.05) is 17.7 Å². The van der Waals surface area contributed by atoms with Crippen LogP contribution in [0.25, 0.3) is 22.3 Å². The van der Waals surface area contributed by atoms with Crippen molar-refractivity contribution in [2.24, 2.45) is 0 Å². The second-order valence-electron chi connectivity index (χ2n) is 6.86. The molecule has 9 heteroatoms. The SMILES string of the molecule is O=c1cc(-c2ccc(O)cc2)oc2cc(O)c([C@@H]3OC[C@H](O)[C@H](O)[C@@H]3O)c(O)c12. The highest BCUT2D eigenvalue weighted by Gasteiger charge is 2.41. The van der Waals surface area contributed by atoms with Crippen molar-refractivity contribution in [1.29, 1.82) is 0 Å². The van der Waals surface area contributed by atoms with Crippen molar-refractivity contribution >= 4 is 11.0 Å². The van der Waals surface area contributed by atoms with Gasteiger partial charge in [-0.15, -0.1) is 0 Å². The van der Waals surface area contributed by atoms with E-state index in [1.165, 1.54) is 24.3 Å². The largest absolute Gasteiger partial charge is 0.508 e. The summed E-state index contributed by atoms with van der Waals surface area (Å²) in [7, 11) is 0. The maximum absolute atomic E-state index is 12.7. The summed E-state index contributed by atoms with van der Waals surface area (Å²) in [5.74, 6) is -0.982. The van der Waals surface area contributed by atoms with E-state index >= 15 is 0 Å². The molecule has 6 N–H and O–H groups in total. The van der Waals surface area contributed by atoms with E-state index in [-0.39, 0.29) is 34.6 Å². The van der Waals surface area contributed by atoms with Crippen molar-refractivity contribution in [3.8, 4) is 28.6 Å². The number of aromatic hydroxyl groups is 3. The molecule has 1 aromatic heterocycles. The first-order chi connectivity index (χ1) is 13.8. The van der Waals surface area contributed by atoms with Crippen LogP contribution >= 0.6 is 0 Å². The predicted molar refractivity (Wildman–Crippen MR) is 99.6 cm³/mol. The maximum Gasteiger partial charge on any atom is 0.197 e. The lowest BCUT2D eigenvalue weighted by Crippen LogP contribution is -2.49. The van der Waals surface area contributed by atoms with Crippen LogP contribution < -0.4 is 5.43 Å². The van der Waals surface area contributed by atoms with Crippen LogP contribution in [0.15, 0.2) is 45.6 Å². The van der Waals surface area contributed by atoms with Gasteiger partial charge in [-0.2, -0.15) is 0 Å². The van der Waals surface area contributed by atoms with Gasteiger partial charge in [-0.25, -0.2) is 0 Å². The Labute approximate surface area is 163 Å². The second-order valence-corrected chi connectivity index (χ2v) is 6.86. The topological polar surface area (TPSA) is 161 Å². The Morgan fingerprint density at radius 1 is 0.931 bits per heavy atom. The second kappa shape index (κ2) is 7.05. The molecule has 0 aliphatic carbocycles. The minimum absolute atomic E-state index is 0.0372. The summed E-state index contributed by atoms with van der Waals surface area (Å²) in [6.07, 6.45) is -5.90. The highest BCUT2D eigenvalue weighted by molar-refractivity contribution is 5.88. The minimum atomic E-state index is -1.64. The molecule has 0 radical (unpaired) electrons. The maximum atomic E-state index is 12.7. The molecule has 1 aliphatic heterocycles. The number of hydrogen-bond acceptors (Lipinski definition) is 9. The number of rotatable bonds is 2. The van der Waals surface area contributed by atoms with Crippen LogP contribution in [0, 0.1) is 0 Å². The van der Waals surface area contributed by atoms with E-state index in [2.05, 4.69) is 0 Å². The van der Waals surface area contributed by atoms with Gasteiger partial charge >= 0.3 is 0 Å². The van der Waals surface area contributed by atoms with Gasteiger partial charge in [-0.3, -0.25) is 4.79 Å². The number of ether oxygens (including phenoxy) is 1. The highest BCUT2D eigenvalue weighted by Crippen LogP contribution is 2.43. The number of fused-ring (bicyclic) bond motifs is 1. The van der Waals surface area contributed by atoms with Crippen molar-refractivity contribution in [1.82, 2.24) is 0 Å². The number of benzene rings is 2. The molecular weight excluding hydrogens is 384 g/mol. The highest BCUT2D eigenvalue weighted by atomic mass is 16.5. The monoisotopic (exact) mass is 402 g/mol. The zero-order chi connectivity index (χ0) is 20.9. The summed E-state index contributed by atoms with van der Waals surface area (Å²) in [5.41, 5.74) is -0.516. The molecule has 29 heavy (non-hydrogen) atoms. The molecule has 2 aromatic carbocycles. The molecule has 0 saturated carbocycles. The van der Waals surface area contributed by atoms with Crippen molar-refractivity contribution < 1.29 is 39.8 Å². The fourth-order valence-electron chi connectivity index (χ4n) is 3.41. The normalized spacial score (nSPS) is 24.7. The van der Waals surface area contributed by atoms with Crippen LogP contribution in [-0.4, -0.2) is 55.6 Å². The zero-order valence-electron chi connectivity index (χ0n) is 14.9. The molecule has 1 aliphatic rings. The number of phenolic OH excluding ortho intramolecular Hbond substituents is 3. The van der Waals surface area contributed by atoms with Crippen LogP contribution in [0.5, 0.6) is 17.2 Å². The average Bonchev–Trinajstić information content (AvgIpc) is 2.67. The Morgan fingerprint density at radius 2 is 1.62 bits per heavy atom. The zero-order valence-corrected chi connectivity index (χ0v) is 14.9. The lowest BCUT2D eigenvalue weighted by Gasteiger charge is -2.35. The number of aliphatic hydroxyl groups is 3. The van der Waals surface area contributed by atoms with Gasteiger partial charge in [0.1, 0.15) is 58.4 Å². The van der Waals surface area contributed by atoms with E-state index in [0.717, 1.165) is 12.1 Å². The van der Waals surface area contributed by atoms with Crippen molar-refractivity contribution in [3.05, 3.63) is 52.2 Å². The molecule has 0 bridgehead atoms. The van der Waals surface area contributed by atoms with Gasteiger partial charge in [0.15, 0.2) is 5.43 Å².